The number of aromatic nitrogens is 2. The van der Waals surface area contributed by atoms with Crippen molar-refractivity contribution in [2.75, 3.05) is 65.7 Å². The van der Waals surface area contributed by atoms with E-state index in [0.29, 0.717) is 11.5 Å². The number of amides is 1. The molecule has 116 valence electrons. The number of anilines is 1. The maximum Gasteiger partial charge on any atom is 0.273 e. The van der Waals surface area contributed by atoms with Crippen LogP contribution < -0.4 is 5.32 Å². The predicted molar refractivity (Wildman–Crippen MR) is 82.5 cm³/mol. The summed E-state index contributed by atoms with van der Waals surface area (Å²) in [6.07, 6.45) is 0. The first kappa shape index (κ1) is 15.7. The van der Waals surface area contributed by atoms with Gasteiger partial charge < -0.3 is 15.1 Å². The number of hydrogen-bond acceptors (Lipinski definition) is 6. The third kappa shape index (κ3) is 4.64. The lowest BCUT2D eigenvalue weighted by atomic mass is 10.3. The van der Waals surface area contributed by atoms with Gasteiger partial charge in [0.05, 0.1) is 0 Å². The van der Waals surface area contributed by atoms with E-state index in [-0.39, 0.29) is 5.91 Å². The zero-order valence-corrected chi connectivity index (χ0v) is 13.0. The van der Waals surface area contributed by atoms with Crippen molar-refractivity contribution in [3.63, 3.8) is 0 Å². The van der Waals surface area contributed by atoms with Crippen LogP contribution in [-0.2, 0) is 0 Å². The first-order valence-electron chi connectivity index (χ1n) is 7.26. The first-order valence-corrected chi connectivity index (χ1v) is 7.26. The van der Waals surface area contributed by atoms with Crippen LogP contribution in [0.1, 0.15) is 10.5 Å². The number of rotatable bonds is 5. The van der Waals surface area contributed by atoms with Crippen LogP contribution in [0.3, 0.4) is 0 Å². The van der Waals surface area contributed by atoms with Crippen molar-refractivity contribution in [3.8, 4) is 0 Å². The third-order valence-electron chi connectivity index (χ3n) is 3.62. The van der Waals surface area contributed by atoms with Crippen LogP contribution in [0.4, 0.5) is 5.82 Å². The quantitative estimate of drug-likeness (QED) is 0.813. The van der Waals surface area contributed by atoms with Gasteiger partial charge in [-0.2, -0.15) is 0 Å². The van der Waals surface area contributed by atoms with Crippen molar-refractivity contribution in [2.45, 2.75) is 0 Å². The predicted octanol–water partition coefficient (Wildman–Crippen LogP) is -0.162. The maximum atomic E-state index is 11.7. The SMILES string of the molecule is CN1CCN(CCNc2ccc(C(=O)N(C)C)nn2)CC1. The summed E-state index contributed by atoms with van der Waals surface area (Å²) in [4.78, 5) is 18.0. The van der Waals surface area contributed by atoms with Gasteiger partial charge >= 0.3 is 0 Å². The van der Waals surface area contributed by atoms with E-state index in [1.54, 1.807) is 26.2 Å². The Bertz CT molecular complexity index is 453. The molecule has 0 bridgehead atoms. The number of likely N-dealkylation sites (N-methyl/N-ethyl adjacent to an activating group) is 1. The Morgan fingerprint density at radius 1 is 1.24 bits per heavy atom. The minimum atomic E-state index is -0.133. The van der Waals surface area contributed by atoms with Gasteiger partial charge in [0.25, 0.3) is 5.91 Å². The summed E-state index contributed by atoms with van der Waals surface area (Å²) in [6, 6.07) is 3.50. The molecule has 0 unspecified atom stereocenters. The van der Waals surface area contributed by atoms with E-state index in [2.05, 4.69) is 32.4 Å². The Kier molecular flexibility index (Phi) is 5.46. The first-order chi connectivity index (χ1) is 10.1. The molecule has 0 radical (unpaired) electrons. The maximum absolute atomic E-state index is 11.7. The second-order valence-electron chi connectivity index (χ2n) is 5.58. The molecule has 0 saturated carbocycles. The Morgan fingerprint density at radius 2 is 1.95 bits per heavy atom. The zero-order valence-electron chi connectivity index (χ0n) is 13.0. The number of nitrogens with one attached hydrogen (secondary N) is 1. The number of hydrogen-bond donors (Lipinski definition) is 1. The molecule has 21 heavy (non-hydrogen) atoms. The number of nitrogens with zero attached hydrogens (tertiary/aromatic N) is 5. The highest BCUT2D eigenvalue weighted by atomic mass is 16.2. The Balaban J connectivity index is 1.75. The van der Waals surface area contributed by atoms with Crippen molar-refractivity contribution >= 4 is 11.7 Å². The smallest absolute Gasteiger partial charge is 0.273 e. The van der Waals surface area contributed by atoms with Crippen LogP contribution in [-0.4, -0.2) is 91.2 Å². The van der Waals surface area contributed by atoms with Gasteiger partial charge in [-0.3, -0.25) is 9.69 Å². The Hall–Kier alpha value is -1.73. The average Bonchev–Trinajstić information content (AvgIpc) is 2.49. The Labute approximate surface area is 125 Å². The topological polar surface area (TPSA) is 64.6 Å². The summed E-state index contributed by atoms with van der Waals surface area (Å²) in [7, 11) is 5.56. The lowest BCUT2D eigenvalue weighted by molar-refractivity contribution is 0.0821. The molecular formula is C14H24N6O. The van der Waals surface area contributed by atoms with Crippen LogP contribution in [0.2, 0.25) is 0 Å². The van der Waals surface area contributed by atoms with Gasteiger partial charge in [0, 0.05) is 53.4 Å². The second kappa shape index (κ2) is 7.33. The summed E-state index contributed by atoms with van der Waals surface area (Å²) < 4.78 is 0. The van der Waals surface area contributed by atoms with Gasteiger partial charge in [-0.05, 0) is 19.2 Å². The fourth-order valence-electron chi connectivity index (χ4n) is 2.18. The van der Waals surface area contributed by atoms with Crippen molar-refractivity contribution in [1.82, 2.24) is 24.9 Å². The van der Waals surface area contributed by atoms with Gasteiger partial charge in [0.1, 0.15) is 5.82 Å². The highest BCUT2D eigenvalue weighted by Gasteiger charge is 2.13. The Morgan fingerprint density at radius 3 is 2.52 bits per heavy atom. The lowest BCUT2D eigenvalue weighted by Crippen LogP contribution is -2.45. The van der Waals surface area contributed by atoms with Crippen LogP contribution in [0.5, 0.6) is 0 Å². The van der Waals surface area contributed by atoms with Gasteiger partial charge in [-0.15, -0.1) is 10.2 Å². The van der Waals surface area contributed by atoms with Gasteiger partial charge in [-0.1, -0.05) is 0 Å². The minimum Gasteiger partial charge on any atom is -0.367 e. The highest BCUT2D eigenvalue weighted by Crippen LogP contribution is 2.04. The molecule has 1 saturated heterocycles. The summed E-state index contributed by atoms with van der Waals surface area (Å²) in [5.41, 5.74) is 0.365. The zero-order chi connectivity index (χ0) is 15.2. The number of piperazine rings is 1. The standard InChI is InChI=1S/C14H24N6O/c1-18(2)14(21)12-4-5-13(17-16-12)15-6-7-20-10-8-19(3)9-11-20/h4-5H,6-11H2,1-3H3,(H,15,17). The summed E-state index contributed by atoms with van der Waals surface area (Å²) in [6.45, 7) is 6.30. The highest BCUT2D eigenvalue weighted by molar-refractivity contribution is 5.91. The summed E-state index contributed by atoms with van der Waals surface area (Å²) in [5, 5.41) is 11.2. The molecule has 2 heterocycles. The molecule has 0 aromatic carbocycles. The molecule has 1 N–H and O–H groups in total. The molecular weight excluding hydrogens is 268 g/mol. The molecule has 2 rings (SSSR count). The van der Waals surface area contributed by atoms with E-state index in [1.807, 2.05) is 0 Å². The van der Waals surface area contributed by atoms with E-state index in [9.17, 15) is 4.79 Å². The molecule has 0 aliphatic carbocycles. The second-order valence-corrected chi connectivity index (χ2v) is 5.58. The van der Waals surface area contributed by atoms with E-state index >= 15 is 0 Å². The molecule has 0 spiro atoms. The largest absolute Gasteiger partial charge is 0.367 e. The van der Waals surface area contributed by atoms with Crippen LogP contribution in [0, 0.1) is 0 Å². The third-order valence-corrected chi connectivity index (χ3v) is 3.62. The van der Waals surface area contributed by atoms with Crippen molar-refractivity contribution < 1.29 is 4.79 Å². The van der Waals surface area contributed by atoms with Crippen LogP contribution >= 0.6 is 0 Å². The molecule has 1 amide bonds. The fraction of sp³-hybridized carbons (Fsp3) is 0.643. The van der Waals surface area contributed by atoms with Crippen LogP contribution in [0.25, 0.3) is 0 Å². The molecule has 1 aromatic heterocycles. The van der Waals surface area contributed by atoms with Crippen LogP contribution in [0.15, 0.2) is 12.1 Å². The average molecular weight is 292 g/mol. The molecule has 1 aliphatic heterocycles. The molecule has 1 aliphatic rings. The molecule has 1 fully saturated rings. The lowest BCUT2D eigenvalue weighted by Gasteiger charge is -2.32. The van der Waals surface area contributed by atoms with Crippen molar-refractivity contribution in [2.24, 2.45) is 0 Å². The van der Waals surface area contributed by atoms with E-state index in [1.165, 1.54) is 4.90 Å². The van der Waals surface area contributed by atoms with Crippen molar-refractivity contribution in [1.29, 1.82) is 0 Å². The van der Waals surface area contributed by atoms with Gasteiger partial charge in [0.2, 0.25) is 0 Å². The molecule has 7 heteroatoms. The summed E-state index contributed by atoms with van der Waals surface area (Å²) >= 11 is 0. The monoisotopic (exact) mass is 292 g/mol. The normalized spacial score (nSPS) is 16.7. The van der Waals surface area contributed by atoms with Gasteiger partial charge in [0.15, 0.2) is 5.69 Å². The van der Waals surface area contributed by atoms with Gasteiger partial charge in [-0.25, -0.2) is 0 Å². The van der Waals surface area contributed by atoms with E-state index in [4.69, 9.17) is 0 Å². The summed E-state index contributed by atoms with van der Waals surface area (Å²) in [5.74, 6) is 0.575. The number of carbonyl (C=O) groups excluding carboxylic acids is 1. The minimum absolute atomic E-state index is 0.133. The van der Waals surface area contributed by atoms with E-state index < -0.39 is 0 Å². The van der Waals surface area contributed by atoms with E-state index in [0.717, 1.165) is 39.3 Å². The number of carbonyl (C=O) groups is 1. The molecule has 1 aromatic rings. The van der Waals surface area contributed by atoms with Crippen molar-refractivity contribution in [3.05, 3.63) is 17.8 Å². The molecule has 7 nitrogen and oxygen atoms in total. The fourth-order valence-corrected chi connectivity index (χ4v) is 2.18. The molecule has 0 atom stereocenters.